The molecule has 4 aromatic rings. The van der Waals surface area contributed by atoms with Crippen molar-refractivity contribution in [1.29, 1.82) is 0 Å². The first kappa shape index (κ1) is 16.9. The van der Waals surface area contributed by atoms with Gasteiger partial charge in [-0.1, -0.05) is 30.3 Å². The number of nitrogens with zero attached hydrogens (tertiary/aromatic N) is 2. The van der Waals surface area contributed by atoms with Gasteiger partial charge in [0.1, 0.15) is 17.2 Å². The van der Waals surface area contributed by atoms with E-state index >= 15 is 0 Å². The van der Waals surface area contributed by atoms with E-state index in [0.29, 0.717) is 5.65 Å². The van der Waals surface area contributed by atoms with Crippen LogP contribution in [0.2, 0.25) is 0 Å². The number of carbonyl (C=O) groups is 1. The molecule has 6 heteroatoms. The summed E-state index contributed by atoms with van der Waals surface area (Å²) in [6, 6.07) is 17.3. The molecular formula is C21H16FN3O2. The molecule has 134 valence electrons. The Morgan fingerprint density at radius 1 is 1.04 bits per heavy atom. The van der Waals surface area contributed by atoms with Crippen molar-refractivity contribution >= 4 is 17.2 Å². The van der Waals surface area contributed by atoms with E-state index in [9.17, 15) is 14.3 Å². The minimum Gasteiger partial charge on any atom is -0.392 e. The molecule has 2 aromatic carbocycles. The van der Waals surface area contributed by atoms with Crippen molar-refractivity contribution in [2.75, 3.05) is 5.32 Å². The Morgan fingerprint density at radius 3 is 2.70 bits per heavy atom. The molecular weight excluding hydrogens is 345 g/mol. The molecule has 0 fully saturated rings. The molecule has 0 saturated heterocycles. The molecule has 0 unspecified atom stereocenters. The highest BCUT2D eigenvalue weighted by atomic mass is 19.1. The molecule has 1 amide bonds. The third kappa shape index (κ3) is 3.43. The van der Waals surface area contributed by atoms with Gasteiger partial charge in [-0.25, -0.2) is 9.37 Å². The summed E-state index contributed by atoms with van der Waals surface area (Å²) >= 11 is 0. The van der Waals surface area contributed by atoms with E-state index in [1.54, 1.807) is 28.8 Å². The largest absolute Gasteiger partial charge is 0.392 e. The molecule has 0 atom stereocenters. The van der Waals surface area contributed by atoms with Crippen LogP contribution >= 0.6 is 0 Å². The summed E-state index contributed by atoms with van der Waals surface area (Å²) in [4.78, 5) is 16.7. The van der Waals surface area contributed by atoms with Gasteiger partial charge in [0.05, 0.1) is 12.3 Å². The Kier molecular flexibility index (Phi) is 4.40. The molecule has 27 heavy (non-hydrogen) atoms. The van der Waals surface area contributed by atoms with Crippen molar-refractivity contribution in [3.05, 3.63) is 90.1 Å². The molecule has 2 N–H and O–H groups in total. The van der Waals surface area contributed by atoms with Gasteiger partial charge in [0.2, 0.25) is 0 Å². The van der Waals surface area contributed by atoms with Crippen molar-refractivity contribution in [3.8, 4) is 11.1 Å². The summed E-state index contributed by atoms with van der Waals surface area (Å²) in [5, 5.41) is 11.8. The quantitative estimate of drug-likeness (QED) is 0.580. The molecule has 5 nitrogen and oxygen atoms in total. The van der Waals surface area contributed by atoms with Gasteiger partial charge in [-0.3, -0.25) is 4.79 Å². The van der Waals surface area contributed by atoms with Crippen LogP contribution in [0.25, 0.3) is 16.8 Å². The van der Waals surface area contributed by atoms with E-state index in [-0.39, 0.29) is 18.0 Å². The molecule has 0 spiro atoms. The first-order valence-electron chi connectivity index (χ1n) is 8.39. The van der Waals surface area contributed by atoms with Gasteiger partial charge in [0.25, 0.3) is 5.91 Å². The average Bonchev–Trinajstić information content (AvgIpc) is 3.13. The lowest BCUT2D eigenvalue weighted by atomic mass is 10.1. The van der Waals surface area contributed by atoms with Crippen LogP contribution in [-0.4, -0.2) is 20.4 Å². The fourth-order valence-electron chi connectivity index (χ4n) is 2.87. The summed E-state index contributed by atoms with van der Waals surface area (Å²) in [6.07, 6.45) is 3.46. The summed E-state index contributed by atoms with van der Waals surface area (Å²) in [6.45, 7) is -0.0263. The van der Waals surface area contributed by atoms with E-state index in [4.69, 9.17) is 0 Å². The Morgan fingerprint density at radius 2 is 1.89 bits per heavy atom. The van der Waals surface area contributed by atoms with Crippen LogP contribution in [0.4, 0.5) is 10.1 Å². The van der Waals surface area contributed by atoms with E-state index in [1.807, 2.05) is 36.5 Å². The second-order valence-corrected chi connectivity index (χ2v) is 6.10. The van der Waals surface area contributed by atoms with Crippen molar-refractivity contribution < 1.29 is 14.3 Å². The van der Waals surface area contributed by atoms with Gasteiger partial charge in [0, 0.05) is 12.4 Å². The lowest BCUT2D eigenvalue weighted by Crippen LogP contribution is -2.13. The molecule has 2 heterocycles. The standard InChI is InChI=1S/C21H16FN3O2/c22-17-6-1-2-7-18(17)24-21(27)19-12-25-11-16(8-9-20(25)23-19)15-5-3-4-14(10-15)13-26/h1-12,26H,13H2,(H,24,27). The van der Waals surface area contributed by atoms with Gasteiger partial charge in [-0.05, 0) is 47.0 Å². The van der Waals surface area contributed by atoms with Crippen molar-refractivity contribution in [2.45, 2.75) is 6.61 Å². The Labute approximate surface area is 154 Å². The number of fused-ring (bicyclic) bond motifs is 1. The maximum Gasteiger partial charge on any atom is 0.275 e. The number of pyridine rings is 1. The highest BCUT2D eigenvalue weighted by Crippen LogP contribution is 2.22. The second-order valence-electron chi connectivity index (χ2n) is 6.10. The van der Waals surface area contributed by atoms with Crippen LogP contribution in [0.15, 0.2) is 73.1 Å². The zero-order valence-corrected chi connectivity index (χ0v) is 14.3. The number of amides is 1. The van der Waals surface area contributed by atoms with Crippen LogP contribution in [0.1, 0.15) is 16.1 Å². The van der Waals surface area contributed by atoms with E-state index in [0.717, 1.165) is 16.7 Å². The molecule has 0 aliphatic heterocycles. The number of aliphatic hydroxyl groups excluding tert-OH is 1. The molecule has 4 rings (SSSR count). The number of hydrogen-bond donors (Lipinski definition) is 2. The summed E-state index contributed by atoms with van der Waals surface area (Å²) in [7, 11) is 0. The minimum atomic E-state index is -0.499. The fourth-order valence-corrected chi connectivity index (χ4v) is 2.87. The second kappa shape index (κ2) is 7.01. The molecule has 0 aliphatic carbocycles. The SMILES string of the molecule is O=C(Nc1ccccc1F)c1cn2cc(-c3cccc(CO)c3)ccc2n1. The van der Waals surface area contributed by atoms with E-state index < -0.39 is 11.7 Å². The van der Waals surface area contributed by atoms with E-state index in [2.05, 4.69) is 10.3 Å². The summed E-state index contributed by atoms with van der Waals surface area (Å²) in [5.41, 5.74) is 3.62. The number of aliphatic hydroxyl groups is 1. The number of halogens is 1. The first-order valence-corrected chi connectivity index (χ1v) is 8.39. The van der Waals surface area contributed by atoms with Crippen LogP contribution in [0.5, 0.6) is 0 Å². The van der Waals surface area contributed by atoms with E-state index in [1.165, 1.54) is 12.1 Å². The average molecular weight is 361 g/mol. The maximum atomic E-state index is 13.7. The third-order valence-corrected chi connectivity index (χ3v) is 4.25. The number of para-hydroxylation sites is 1. The lowest BCUT2D eigenvalue weighted by Gasteiger charge is -2.04. The number of carbonyl (C=O) groups excluding carboxylic acids is 1. The monoisotopic (exact) mass is 361 g/mol. The topological polar surface area (TPSA) is 66.6 Å². The Balaban J connectivity index is 1.64. The zero-order valence-electron chi connectivity index (χ0n) is 14.3. The summed E-state index contributed by atoms with van der Waals surface area (Å²) < 4.78 is 15.5. The van der Waals surface area contributed by atoms with Gasteiger partial charge in [-0.15, -0.1) is 0 Å². The molecule has 0 aliphatic rings. The Bertz CT molecular complexity index is 1140. The number of nitrogens with one attached hydrogen (secondary N) is 1. The van der Waals surface area contributed by atoms with Crippen molar-refractivity contribution in [3.63, 3.8) is 0 Å². The third-order valence-electron chi connectivity index (χ3n) is 4.25. The van der Waals surface area contributed by atoms with Gasteiger partial charge in [-0.2, -0.15) is 0 Å². The highest BCUT2D eigenvalue weighted by Gasteiger charge is 2.13. The number of aromatic nitrogens is 2. The predicted octanol–water partition coefficient (Wildman–Crippen LogP) is 3.89. The normalized spacial score (nSPS) is 10.9. The summed E-state index contributed by atoms with van der Waals surface area (Å²) in [5.74, 6) is -0.978. The van der Waals surface area contributed by atoms with Gasteiger partial charge in [0.15, 0.2) is 0 Å². The number of rotatable bonds is 4. The maximum absolute atomic E-state index is 13.7. The van der Waals surface area contributed by atoms with Crippen molar-refractivity contribution in [1.82, 2.24) is 9.38 Å². The zero-order chi connectivity index (χ0) is 18.8. The van der Waals surface area contributed by atoms with Crippen LogP contribution in [0.3, 0.4) is 0 Å². The molecule has 0 bridgehead atoms. The minimum absolute atomic E-state index is 0.0263. The molecule has 0 saturated carbocycles. The smallest absolute Gasteiger partial charge is 0.275 e. The Hall–Kier alpha value is -3.51. The predicted molar refractivity (Wildman–Crippen MR) is 101 cm³/mol. The number of hydrogen-bond acceptors (Lipinski definition) is 3. The van der Waals surface area contributed by atoms with Crippen LogP contribution in [-0.2, 0) is 6.61 Å². The first-order chi connectivity index (χ1) is 13.1. The van der Waals surface area contributed by atoms with Crippen LogP contribution < -0.4 is 5.32 Å². The molecule has 2 aromatic heterocycles. The fraction of sp³-hybridized carbons (Fsp3) is 0.0476. The number of benzene rings is 2. The van der Waals surface area contributed by atoms with Gasteiger partial charge < -0.3 is 14.8 Å². The van der Waals surface area contributed by atoms with Gasteiger partial charge >= 0.3 is 0 Å². The van der Waals surface area contributed by atoms with Crippen molar-refractivity contribution in [2.24, 2.45) is 0 Å². The molecule has 0 radical (unpaired) electrons. The number of anilines is 1. The highest BCUT2D eigenvalue weighted by molar-refractivity contribution is 6.03. The van der Waals surface area contributed by atoms with Crippen LogP contribution in [0, 0.1) is 5.82 Å². The lowest BCUT2D eigenvalue weighted by molar-refractivity contribution is 0.102. The number of imidazole rings is 1.